The van der Waals surface area contributed by atoms with Crippen LogP contribution in [0, 0.1) is 5.21 Å². The van der Waals surface area contributed by atoms with E-state index in [4.69, 9.17) is 0 Å². The molecule has 34 valence electrons. The van der Waals surface area contributed by atoms with Gasteiger partial charge in [-0.2, -0.15) is 0 Å². The normalized spacial score (nSPS) is 31.8. The Hall–Kier alpha value is 0.179. The Kier molecular flexibility index (Phi) is 1.27. The summed E-state index contributed by atoms with van der Waals surface area (Å²) in [5.74, 6) is 0. The SMILES string of the molecule is [O-][NH+]1C=C[Se]C1. The molecule has 0 saturated heterocycles. The molecule has 1 unspecified atom stereocenters. The Morgan fingerprint density at radius 3 is 2.83 bits per heavy atom. The fourth-order valence-corrected chi connectivity index (χ4v) is 1.57. The van der Waals surface area contributed by atoms with Crippen LogP contribution in [0.2, 0.25) is 0 Å². The molecule has 0 fully saturated rings. The fraction of sp³-hybridized carbons (Fsp3) is 0.333. The zero-order valence-corrected chi connectivity index (χ0v) is 4.89. The first-order valence-corrected chi connectivity index (χ1v) is 3.90. The number of rotatable bonds is 0. The Labute approximate surface area is 42.6 Å². The van der Waals surface area contributed by atoms with Crippen LogP contribution in [0.3, 0.4) is 0 Å². The van der Waals surface area contributed by atoms with E-state index in [9.17, 15) is 5.21 Å². The van der Waals surface area contributed by atoms with Crippen molar-refractivity contribution in [1.29, 1.82) is 0 Å². The molecule has 1 rings (SSSR count). The predicted molar refractivity (Wildman–Crippen MR) is 24.1 cm³/mol. The Bertz CT molecular complexity index is 73.2. The summed E-state index contributed by atoms with van der Waals surface area (Å²) in [4.78, 5) is 1.97. The molecule has 0 bridgehead atoms. The molecule has 1 N–H and O–H groups in total. The van der Waals surface area contributed by atoms with Crippen LogP contribution < -0.4 is 5.06 Å². The summed E-state index contributed by atoms with van der Waals surface area (Å²) in [5.41, 5.74) is 0.799. The van der Waals surface area contributed by atoms with Crippen molar-refractivity contribution in [2.24, 2.45) is 0 Å². The summed E-state index contributed by atoms with van der Waals surface area (Å²) < 4.78 is 0. The number of hydroxylamine groups is 2. The Balaban J connectivity index is 2.38. The standard InChI is InChI=1S/C3H5NOSe/c5-4-1-2-6-3-4/h1-2,4H,3H2. The van der Waals surface area contributed by atoms with E-state index in [1.54, 1.807) is 6.20 Å². The Morgan fingerprint density at radius 1 is 1.83 bits per heavy atom. The average Bonchev–Trinajstić information content (AvgIpc) is 1.86. The molecule has 3 heteroatoms. The van der Waals surface area contributed by atoms with Crippen molar-refractivity contribution in [2.45, 2.75) is 0 Å². The molecular weight excluding hydrogens is 145 g/mol. The third-order valence-corrected chi connectivity index (χ3v) is 2.21. The summed E-state index contributed by atoms with van der Waals surface area (Å²) in [6.07, 6.45) is 1.67. The first-order chi connectivity index (χ1) is 2.89. The monoisotopic (exact) mass is 151 g/mol. The maximum atomic E-state index is 10.2. The van der Waals surface area contributed by atoms with Crippen molar-refractivity contribution in [3.8, 4) is 0 Å². The van der Waals surface area contributed by atoms with Gasteiger partial charge >= 0.3 is 41.8 Å². The van der Waals surface area contributed by atoms with Crippen molar-refractivity contribution in [2.75, 3.05) is 5.44 Å². The molecule has 1 aliphatic heterocycles. The first-order valence-electron chi connectivity index (χ1n) is 1.70. The predicted octanol–water partition coefficient (Wildman–Crippen LogP) is -1.48. The number of nitrogens with one attached hydrogen (secondary N) is 1. The van der Waals surface area contributed by atoms with Gasteiger partial charge in [-0.05, 0) is 0 Å². The second-order valence-corrected chi connectivity index (χ2v) is 2.96. The van der Waals surface area contributed by atoms with Crippen molar-refractivity contribution in [1.82, 2.24) is 0 Å². The first kappa shape index (κ1) is 4.34. The van der Waals surface area contributed by atoms with E-state index < -0.39 is 0 Å². The third-order valence-electron chi connectivity index (χ3n) is 0.576. The van der Waals surface area contributed by atoms with Crippen LogP contribution in [-0.2, 0) is 0 Å². The molecule has 2 nitrogen and oxygen atoms in total. The van der Waals surface area contributed by atoms with E-state index in [1.165, 1.54) is 0 Å². The van der Waals surface area contributed by atoms with E-state index in [0.29, 0.717) is 20.0 Å². The number of hydrogen-bond donors (Lipinski definition) is 1. The molecular formula is C3H5NOSe. The molecule has 0 aromatic heterocycles. The van der Waals surface area contributed by atoms with Crippen LogP contribution in [-0.4, -0.2) is 20.4 Å². The van der Waals surface area contributed by atoms with E-state index in [0.717, 1.165) is 5.44 Å². The van der Waals surface area contributed by atoms with Gasteiger partial charge in [-0.15, -0.1) is 0 Å². The molecule has 1 heterocycles. The zero-order chi connectivity index (χ0) is 4.41. The van der Waals surface area contributed by atoms with Gasteiger partial charge in [0.2, 0.25) is 0 Å². The average molecular weight is 150 g/mol. The van der Waals surface area contributed by atoms with Crippen LogP contribution in [0.25, 0.3) is 0 Å². The summed E-state index contributed by atoms with van der Waals surface area (Å²) in [5, 5.41) is 10.5. The molecule has 6 heavy (non-hydrogen) atoms. The van der Waals surface area contributed by atoms with Gasteiger partial charge in [-0.3, -0.25) is 0 Å². The summed E-state index contributed by atoms with van der Waals surface area (Å²) >= 11 is 0.511. The van der Waals surface area contributed by atoms with Gasteiger partial charge < -0.3 is 0 Å². The van der Waals surface area contributed by atoms with Gasteiger partial charge in [0.25, 0.3) is 0 Å². The quantitative estimate of drug-likeness (QED) is 0.331. The van der Waals surface area contributed by atoms with Crippen LogP contribution in [0.5, 0.6) is 0 Å². The van der Waals surface area contributed by atoms with Gasteiger partial charge in [0.1, 0.15) is 0 Å². The van der Waals surface area contributed by atoms with Gasteiger partial charge in [0, 0.05) is 0 Å². The van der Waals surface area contributed by atoms with Crippen LogP contribution in [0.4, 0.5) is 0 Å². The van der Waals surface area contributed by atoms with E-state index in [2.05, 4.69) is 0 Å². The van der Waals surface area contributed by atoms with Crippen molar-refractivity contribution >= 4 is 15.0 Å². The molecule has 0 aromatic rings. The van der Waals surface area contributed by atoms with Gasteiger partial charge in [-0.1, -0.05) is 0 Å². The molecule has 0 aliphatic carbocycles. The molecule has 0 aromatic carbocycles. The summed E-state index contributed by atoms with van der Waals surface area (Å²) in [6, 6.07) is 0. The van der Waals surface area contributed by atoms with E-state index in [1.807, 2.05) is 4.97 Å². The molecule has 0 spiro atoms. The Morgan fingerprint density at radius 2 is 2.67 bits per heavy atom. The van der Waals surface area contributed by atoms with Crippen molar-refractivity contribution < 1.29 is 5.06 Å². The minimum atomic E-state index is 0.301. The summed E-state index contributed by atoms with van der Waals surface area (Å²) in [7, 11) is 0. The molecule has 1 atom stereocenters. The fourth-order valence-electron chi connectivity index (χ4n) is 0.302. The van der Waals surface area contributed by atoms with Gasteiger partial charge in [0.15, 0.2) is 0 Å². The molecule has 0 radical (unpaired) electrons. The van der Waals surface area contributed by atoms with Crippen molar-refractivity contribution in [3.63, 3.8) is 0 Å². The number of hydrogen-bond acceptors (Lipinski definition) is 1. The van der Waals surface area contributed by atoms with Gasteiger partial charge in [-0.25, -0.2) is 0 Å². The molecule has 1 aliphatic rings. The van der Waals surface area contributed by atoms with Gasteiger partial charge in [0.05, 0.1) is 0 Å². The minimum absolute atomic E-state index is 0.301. The van der Waals surface area contributed by atoms with Crippen LogP contribution in [0.1, 0.15) is 0 Å². The third kappa shape index (κ3) is 0.820. The molecule has 0 amide bonds. The number of quaternary nitrogens is 1. The van der Waals surface area contributed by atoms with Crippen molar-refractivity contribution in [3.05, 3.63) is 16.4 Å². The van der Waals surface area contributed by atoms with Crippen LogP contribution >= 0.6 is 0 Å². The summed E-state index contributed by atoms with van der Waals surface area (Å²) in [6.45, 7) is 0. The second kappa shape index (κ2) is 1.76. The molecule has 0 saturated carbocycles. The zero-order valence-electron chi connectivity index (χ0n) is 3.18. The topological polar surface area (TPSA) is 27.5 Å². The van der Waals surface area contributed by atoms with Crippen LogP contribution in [0.15, 0.2) is 11.2 Å². The van der Waals surface area contributed by atoms with E-state index >= 15 is 0 Å². The van der Waals surface area contributed by atoms with E-state index in [-0.39, 0.29) is 0 Å². The second-order valence-electron chi connectivity index (χ2n) is 1.08. The maximum absolute atomic E-state index is 10.2.